The predicted octanol–water partition coefficient (Wildman–Crippen LogP) is 0.566. The summed E-state index contributed by atoms with van der Waals surface area (Å²) in [6, 6.07) is 0. The van der Waals surface area contributed by atoms with E-state index in [0.29, 0.717) is 26.4 Å². The first-order valence-corrected chi connectivity index (χ1v) is 5.33. The molecule has 0 rings (SSSR count). The van der Waals surface area contributed by atoms with Crippen LogP contribution in [0, 0.1) is 0 Å². The normalized spacial score (nSPS) is 14.3. The molecule has 90 valence electrons. The average Bonchev–Trinajstić information content (AvgIpc) is 2.26. The quantitative estimate of drug-likeness (QED) is 0.438. The molecule has 0 heterocycles. The van der Waals surface area contributed by atoms with Crippen molar-refractivity contribution in [3.05, 3.63) is 11.6 Å². The van der Waals surface area contributed by atoms with Gasteiger partial charge in [-0.25, -0.2) is 0 Å². The number of nitrogens with one attached hydrogen (secondary N) is 1. The van der Waals surface area contributed by atoms with Gasteiger partial charge >= 0.3 is 0 Å². The number of aliphatic hydroxyl groups excluding tert-OH is 1. The van der Waals surface area contributed by atoms with Crippen molar-refractivity contribution in [1.29, 1.82) is 0 Å². The van der Waals surface area contributed by atoms with E-state index in [1.165, 1.54) is 0 Å². The standard InChI is InChI=1S/C11H23NO3/c1-4-10(2)11(13)9-15-8-7-14-6-5-12-3/h4,11-13H,5-9H2,1-3H3. The van der Waals surface area contributed by atoms with Gasteiger partial charge in [0.1, 0.15) is 0 Å². The van der Waals surface area contributed by atoms with E-state index in [1.54, 1.807) is 0 Å². The zero-order valence-electron chi connectivity index (χ0n) is 9.95. The molecule has 0 aliphatic heterocycles. The molecule has 1 atom stereocenters. The Bertz CT molecular complexity index is 171. The predicted molar refractivity (Wildman–Crippen MR) is 61.0 cm³/mol. The minimum absolute atomic E-state index is 0.339. The van der Waals surface area contributed by atoms with Gasteiger partial charge in [0, 0.05) is 6.54 Å². The van der Waals surface area contributed by atoms with Gasteiger partial charge in [-0.05, 0) is 26.5 Å². The monoisotopic (exact) mass is 217 g/mol. The first-order valence-electron chi connectivity index (χ1n) is 5.33. The van der Waals surface area contributed by atoms with Crippen molar-refractivity contribution >= 4 is 0 Å². The molecule has 0 spiro atoms. The van der Waals surface area contributed by atoms with Gasteiger partial charge in [0.15, 0.2) is 0 Å². The molecule has 0 radical (unpaired) electrons. The van der Waals surface area contributed by atoms with Crippen LogP contribution in [0.25, 0.3) is 0 Å². The van der Waals surface area contributed by atoms with E-state index in [2.05, 4.69) is 5.32 Å². The summed E-state index contributed by atoms with van der Waals surface area (Å²) in [6.45, 7) is 6.76. The molecular weight excluding hydrogens is 194 g/mol. The van der Waals surface area contributed by atoms with Crippen LogP contribution in [0.5, 0.6) is 0 Å². The second kappa shape index (κ2) is 10.1. The van der Waals surface area contributed by atoms with Crippen LogP contribution in [0.3, 0.4) is 0 Å². The van der Waals surface area contributed by atoms with Gasteiger partial charge in [0.05, 0.1) is 32.5 Å². The van der Waals surface area contributed by atoms with Crippen molar-refractivity contribution in [2.24, 2.45) is 0 Å². The maximum atomic E-state index is 9.51. The average molecular weight is 217 g/mol. The summed E-state index contributed by atoms with van der Waals surface area (Å²) in [7, 11) is 1.88. The van der Waals surface area contributed by atoms with Crippen LogP contribution in [0.4, 0.5) is 0 Å². The molecule has 0 saturated carbocycles. The first kappa shape index (κ1) is 14.6. The molecule has 0 aliphatic rings. The zero-order chi connectivity index (χ0) is 11.5. The van der Waals surface area contributed by atoms with Gasteiger partial charge in [-0.1, -0.05) is 6.08 Å². The van der Waals surface area contributed by atoms with E-state index in [9.17, 15) is 5.11 Å². The highest BCUT2D eigenvalue weighted by Gasteiger charge is 2.04. The van der Waals surface area contributed by atoms with Crippen molar-refractivity contribution in [2.45, 2.75) is 20.0 Å². The van der Waals surface area contributed by atoms with Crippen molar-refractivity contribution in [3.63, 3.8) is 0 Å². The fourth-order valence-corrected chi connectivity index (χ4v) is 0.913. The lowest BCUT2D eigenvalue weighted by atomic mass is 10.2. The van der Waals surface area contributed by atoms with Crippen LogP contribution >= 0.6 is 0 Å². The first-order chi connectivity index (χ1) is 7.22. The smallest absolute Gasteiger partial charge is 0.0980 e. The Hall–Kier alpha value is -0.420. The molecule has 0 bridgehead atoms. The summed E-state index contributed by atoms with van der Waals surface area (Å²) in [5, 5.41) is 12.5. The van der Waals surface area contributed by atoms with Gasteiger partial charge in [-0.15, -0.1) is 0 Å². The largest absolute Gasteiger partial charge is 0.386 e. The van der Waals surface area contributed by atoms with Crippen molar-refractivity contribution in [2.75, 3.05) is 40.0 Å². The zero-order valence-corrected chi connectivity index (χ0v) is 9.95. The Morgan fingerprint density at radius 2 is 2.00 bits per heavy atom. The lowest BCUT2D eigenvalue weighted by Gasteiger charge is -2.11. The van der Waals surface area contributed by atoms with E-state index in [-0.39, 0.29) is 0 Å². The molecular formula is C11H23NO3. The van der Waals surface area contributed by atoms with E-state index in [1.807, 2.05) is 27.0 Å². The minimum Gasteiger partial charge on any atom is -0.386 e. The minimum atomic E-state index is -0.493. The highest BCUT2D eigenvalue weighted by atomic mass is 16.5. The van der Waals surface area contributed by atoms with Gasteiger partial charge in [0.25, 0.3) is 0 Å². The summed E-state index contributed by atoms with van der Waals surface area (Å²) < 4.78 is 10.5. The Morgan fingerprint density at radius 3 is 2.60 bits per heavy atom. The molecule has 2 N–H and O–H groups in total. The van der Waals surface area contributed by atoms with Gasteiger partial charge in [-0.2, -0.15) is 0 Å². The summed E-state index contributed by atoms with van der Waals surface area (Å²) in [5.74, 6) is 0. The highest BCUT2D eigenvalue weighted by molar-refractivity contribution is 5.02. The molecule has 0 amide bonds. The lowest BCUT2D eigenvalue weighted by Crippen LogP contribution is -2.20. The maximum absolute atomic E-state index is 9.51. The number of hydrogen-bond acceptors (Lipinski definition) is 4. The van der Waals surface area contributed by atoms with Crippen molar-refractivity contribution in [1.82, 2.24) is 5.32 Å². The molecule has 0 aromatic rings. The number of aliphatic hydroxyl groups is 1. The molecule has 4 heteroatoms. The topological polar surface area (TPSA) is 50.7 Å². The molecule has 1 unspecified atom stereocenters. The van der Waals surface area contributed by atoms with E-state index < -0.39 is 6.10 Å². The van der Waals surface area contributed by atoms with E-state index in [0.717, 1.165) is 12.1 Å². The molecule has 0 aromatic heterocycles. The SMILES string of the molecule is CC=C(C)C(O)COCCOCCNC. The van der Waals surface area contributed by atoms with Crippen LogP contribution in [0.2, 0.25) is 0 Å². The summed E-state index contributed by atoms with van der Waals surface area (Å²) in [5.41, 5.74) is 0.936. The van der Waals surface area contributed by atoms with Crippen molar-refractivity contribution in [3.8, 4) is 0 Å². The fraction of sp³-hybridized carbons (Fsp3) is 0.818. The molecule has 0 fully saturated rings. The Morgan fingerprint density at radius 1 is 1.33 bits per heavy atom. The Kier molecular flexibility index (Phi) is 9.83. The Labute approximate surface area is 92.3 Å². The number of ether oxygens (including phenoxy) is 2. The third-order valence-corrected chi connectivity index (χ3v) is 2.13. The maximum Gasteiger partial charge on any atom is 0.0980 e. The van der Waals surface area contributed by atoms with Crippen LogP contribution < -0.4 is 5.32 Å². The number of likely N-dealkylation sites (N-methyl/N-ethyl adjacent to an activating group) is 1. The third kappa shape index (κ3) is 8.57. The number of allylic oxidation sites excluding steroid dienone is 1. The summed E-state index contributed by atoms with van der Waals surface area (Å²) in [4.78, 5) is 0. The molecule has 0 saturated heterocycles. The van der Waals surface area contributed by atoms with Crippen LogP contribution in [-0.4, -0.2) is 51.2 Å². The van der Waals surface area contributed by atoms with Crippen LogP contribution in [0.1, 0.15) is 13.8 Å². The van der Waals surface area contributed by atoms with Crippen molar-refractivity contribution < 1.29 is 14.6 Å². The van der Waals surface area contributed by atoms with Crippen LogP contribution in [0.15, 0.2) is 11.6 Å². The molecule has 4 nitrogen and oxygen atoms in total. The second-order valence-corrected chi connectivity index (χ2v) is 3.34. The van der Waals surface area contributed by atoms with Gasteiger partial charge in [0.2, 0.25) is 0 Å². The van der Waals surface area contributed by atoms with Gasteiger partial charge in [-0.3, -0.25) is 0 Å². The summed E-state index contributed by atoms with van der Waals surface area (Å²) >= 11 is 0. The second-order valence-electron chi connectivity index (χ2n) is 3.34. The highest BCUT2D eigenvalue weighted by Crippen LogP contribution is 2.00. The Balaban J connectivity index is 3.24. The van der Waals surface area contributed by atoms with E-state index in [4.69, 9.17) is 9.47 Å². The molecule has 0 aromatic carbocycles. The molecule has 0 aliphatic carbocycles. The number of hydrogen-bond donors (Lipinski definition) is 2. The molecule has 15 heavy (non-hydrogen) atoms. The summed E-state index contributed by atoms with van der Waals surface area (Å²) in [6.07, 6.45) is 1.39. The number of rotatable bonds is 9. The lowest BCUT2D eigenvalue weighted by molar-refractivity contribution is 0.0151. The van der Waals surface area contributed by atoms with Crippen LogP contribution in [-0.2, 0) is 9.47 Å². The van der Waals surface area contributed by atoms with E-state index >= 15 is 0 Å². The fourth-order valence-electron chi connectivity index (χ4n) is 0.913. The van der Waals surface area contributed by atoms with Gasteiger partial charge < -0.3 is 19.9 Å². The third-order valence-electron chi connectivity index (χ3n) is 2.13.